The highest BCUT2D eigenvalue weighted by molar-refractivity contribution is 9.10. The molecule has 0 aliphatic rings. The van der Waals surface area contributed by atoms with E-state index in [1.807, 2.05) is 37.3 Å². The summed E-state index contributed by atoms with van der Waals surface area (Å²) < 4.78 is 12.6. The molecule has 21 heavy (non-hydrogen) atoms. The second-order valence-electron chi connectivity index (χ2n) is 4.60. The first kappa shape index (κ1) is 16.7. The fourth-order valence-electron chi connectivity index (χ4n) is 2.01. The van der Waals surface area contributed by atoms with Crippen molar-refractivity contribution in [1.29, 1.82) is 0 Å². The van der Waals surface area contributed by atoms with Gasteiger partial charge in [0.15, 0.2) is 11.5 Å². The Balaban J connectivity index is 2.47. The number of hydrogen-bond acceptors (Lipinski definition) is 2. The number of aryl methyl sites for hydroxylation is 1. The van der Waals surface area contributed by atoms with Crippen LogP contribution in [0.3, 0.4) is 0 Å². The van der Waals surface area contributed by atoms with Gasteiger partial charge < -0.3 is 9.47 Å². The minimum Gasteiger partial charge on any atom is -0.493 e. The number of rotatable bonds is 4. The van der Waals surface area contributed by atoms with Crippen molar-refractivity contribution in [3.05, 3.63) is 56.0 Å². The lowest BCUT2D eigenvalue weighted by Crippen LogP contribution is -1.98. The minimum atomic E-state index is -0.281. The molecule has 0 saturated carbocycles. The Kier molecular flexibility index (Phi) is 5.58. The largest absolute Gasteiger partial charge is 0.493 e. The van der Waals surface area contributed by atoms with E-state index in [1.54, 1.807) is 14.2 Å². The van der Waals surface area contributed by atoms with Crippen LogP contribution in [0.4, 0.5) is 0 Å². The maximum atomic E-state index is 6.64. The summed E-state index contributed by atoms with van der Waals surface area (Å²) in [5.41, 5.74) is 3.13. The van der Waals surface area contributed by atoms with Gasteiger partial charge in [0, 0.05) is 8.95 Å². The van der Waals surface area contributed by atoms with E-state index in [2.05, 4.69) is 31.9 Å². The Morgan fingerprint density at radius 2 is 1.57 bits per heavy atom. The van der Waals surface area contributed by atoms with Gasteiger partial charge >= 0.3 is 0 Å². The van der Waals surface area contributed by atoms with Gasteiger partial charge in [0.05, 0.1) is 19.6 Å². The van der Waals surface area contributed by atoms with E-state index in [0.717, 1.165) is 20.1 Å². The van der Waals surface area contributed by atoms with Crippen LogP contribution >= 0.6 is 43.5 Å². The molecule has 0 bridgehead atoms. The van der Waals surface area contributed by atoms with E-state index in [4.69, 9.17) is 21.1 Å². The summed E-state index contributed by atoms with van der Waals surface area (Å²) in [6.07, 6.45) is 0. The Hall–Kier alpha value is -0.710. The fraction of sp³-hybridized carbons (Fsp3) is 0.250. The van der Waals surface area contributed by atoms with E-state index in [-0.39, 0.29) is 5.38 Å². The van der Waals surface area contributed by atoms with Crippen molar-refractivity contribution in [3.63, 3.8) is 0 Å². The summed E-state index contributed by atoms with van der Waals surface area (Å²) in [6.45, 7) is 2.05. The zero-order chi connectivity index (χ0) is 15.6. The predicted molar refractivity (Wildman–Crippen MR) is 93.8 cm³/mol. The smallest absolute Gasteiger partial charge is 0.161 e. The van der Waals surface area contributed by atoms with Crippen LogP contribution in [0, 0.1) is 6.92 Å². The number of benzene rings is 2. The molecule has 5 heteroatoms. The lowest BCUT2D eigenvalue weighted by Gasteiger charge is -2.16. The Morgan fingerprint density at radius 1 is 0.952 bits per heavy atom. The van der Waals surface area contributed by atoms with Gasteiger partial charge in [-0.2, -0.15) is 0 Å². The molecule has 1 unspecified atom stereocenters. The molecule has 2 nitrogen and oxygen atoms in total. The van der Waals surface area contributed by atoms with Crippen molar-refractivity contribution in [1.82, 2.24) is 0 Å². The molecule has 0 aliphatic heterocycles. The SMILES string of the molecule is COc1cc(Br)c(C(Cl)c2ccc(C)c(Br)c2)cc1OC. The quantitative estimate of drug-likeness (QED) is 0.561. The third-order valence-corrected chi connectivity index (χ3v) is 5.29. The Bertz CT molecular complexity index is 659. The third kappa shape index (κ3) is 3.55. The summed E-state index contributed by atoms with van der Waals surface area (Å²) in [4.78, 5) is 0. The summed E-state index contributed by atoms with van der Waals surface area (Å²) in [7, 11) is 3.22. The van der Waals surface area contributed by atoms with E-state index < -0.39 is 0 Å². The minimum absolute atomic E-state index is 0.281. The van der Waals surface area contributed by atoms with Crippen LogP contribution in [0.25, 0.3) is 0 Å². The molecule has 0 fully saturated rings. The number of hydrogen-bond donors (Lipinski definition) is 0. The summed E-state index contributed by atoms with van der Waals surface area (Å²) in [6, 6.07) is 9.88. The maximum absolute atomic E-state index is 6.64. The van der Waals surface area contributed by atoms with E-state index >= 15 is 0 Å². The topological polar surface area (TPSA) is 18.5 Å². The second kappa shape index (κ2) is 7.03. The predicted octanol–water partition coefficient (Wildman–Crippen LogP) is 5.87. The van der Waals surface area contributed by atoms with Crippen molar-refractivity contribution in [2.45, 2.75) is 12.3 Å². The number of alkyl halides is 1. The van der Waals surface area contributed by atoms with Crippen LogP contribution in [0.2, 0.25) is 0 Å². The van der Waals surface area contributed by atoms with Gasteiger partial charge in [0.25, 0.3) is 0 Å². The zero-order valence-electron chi connectivity index (χ0n) is 11.9. The summed E-state index contributed by atoms with van der Waals surface area (Å²) >= 11 is 13.7. The molecule has 2 aromatic rings. The maximum Gasteiger partial charge on any atom is 0.161 e. The van der Waals surface area contributed by atoms with Crippen molar-refractivity contribution in [2.75, 3.05) is 14.2 Å². The first-order chi connectivity index (χ1) is 9.97. The molecule has 2 rings (SSSR count). The lowest BCUT2D eigenvalue weighted by molar-refractivity contribution is 0.354. The lowest BCUT2D eigenvalue weighted by atomic mass is 10.0. The third-order valence-electron chi connectivity index (χ3n) is 3.26. The molecular formula is C16H15Br2ClO2. The average molecular weight is 435 g/mol. The van der Waals surface area contributed by atoms with Crippen molar-refractivity contribution in [2.24, 2.45) is 0 Å². The molecule has 0 aromatic heterocycles. The molecule has 0 spiro atoms. The van der Waals surface area contributed by atoms with E-state index in [9.17, 15) is 0 Å². The van der Waals surface area contributed by atoms with Gasteiger partial charge in [-0.25, -0.2) is 0 Å². The van der Waals surface area contributed by atoms with Gasteiger partial charge in [-0.3, -0.25) is 0 Å². The van der Waals surface area contributed by atoms with Crippen LogP contribution < -0.4 is 9.47 Å². The van der Waals surface area contributed by atoms with Crippen molar-refractivity contribution < 1.29 is 9.47 Å². The number of ether oxygens (including phenoxy) is 2. The second-order valence-corrected chi connectivity index (χ2v) is 6.74. The first-order valence-corrected chi connectivity index (χ1v) is 8.31. The Labute approximate surface area is 146 Å². The van der Waals surface area contributed by atoms with Gasteiger partial charge in [-0.15, -0.1) is 11.6 Å². The summed E-state index contributed by atoms with van der Waals surface area (Å²) in [5.74, 6) is 1.33. The average Bonchev–Trinajstić information content (AvgIpc) is 2.49. The molecular weight excluding hydrogens is 419 g/mol. The number of methoxy groups -OCH3 is 2. The van der Waals surface area contributed by atoms with Crippen LogP contribution in [0.15, 0.2) is 39.3 Å². The molecule has 2 aromatic carbocycles. The van der Waals surface area contributed by atoms with Crippen LogP contribution in [0.5, 0.6) is 11.5 Å². The van der Waals surface area contributed by atoms with Gasteiger partial charge in [-0.1, -0.05) is 44.0 Å². The van der Waals surface area contributed by atoms with Gasteiger partial charge in [0.1, 0.15) is 0 Å². The zero-order valence-corrected chi connectivity index (χ0v) is 15.8. The molecule has 112 valence electrons. The van der Waals surface area contributed by atoms with Crippen molar-refractivity contribution >= 4 is 43.5 Å². The van der Waals surface area contributed by atoms with Gasteiger partial charge in [0.2, 0.25) is 0 Å². The molecule has 0 heterocycles. The van der Waals surface area contributed by atoms with Crippen molar-refractivity contribution in [3.8, 4) is 11.5 Å². The van der Waals surface area contributed by atoms with Gasteiger partial charge in [-0.05, 0) is 41.8 Å². The highest BCUT2D eigenvalue weighted by atomic mass is 79.9. The van der Waals surface area contributed by atoms with Crippen LogP contribution in [0.1, 0.15) is 22.1 Å². The standard InChI is InChI=1S/C16H15Br2ClO2/c1-9-4-5-10(6-12(9)17)16(19)11-7-14(20-2)15(21-3)8-13(11)18/h4-8,16H,1-3H3. The monoisotopic (exact) mass is 432 g/mol. The van der Waals surface area contributed by atoms with Crippen LogP contribution in [-0.4, -0.2) is 14.2 Å². The molecule has 1 atom stereocenters. The van der Waals surface area contributed by atoms with Crippen LogP contribution in [-0.2, 0) is 0 Å². The molecule has 0 amide bonds. The highest BCUT2D eigenvalue weighted by Gasteiger charge is 2.18. The van der Waals surface area contributed by atoms with E-state index in [1.165, 1.54) is 5.56 Å². The van der Waals surface area contributed by atoms with E-state index in [0.29, 0.717) is 11.5 Å². The molecule has 0 saturated heterocycles. The first-order valence-electron chi connectivity index (χ1n) is 6.29. The normalized spacial score (nSPS) is 12.1. The molecule has 0 N–H and O–H groups in total. The highest BCUT2D eigenvalue weighted by Crippen LogP contribution is 2.41. The Morgan fingerprint density at radius 3 is 2.14 bits per heavy atom. The number of halogens is 3. The molecule has 0 radical (unpaired) electrons. The molecule has 0 aliphatic carbocycles. The summed E-state index contributed by atoms with van der Waals surface area (Å²) in [5, 5.41) is -0.281. The fourth-order valence-corrected chi connectivity index (χ4v) is 3.41.